The summed E-state index contributed by atoms with van der Waals surface area (Å²) in [5, 5.41) is 0. The second-order valence-corrected chi connectivity index (χ2v) is 6.80. The third kappa shape index (κ3) is 5.25. The highest BCUT2D eigenvalue weighted by Gasteiger charge is 2.30. The molecule has 0 saturated carbocycles. The van der Waals surface area contributed by atoms with E-state index in [1.165, 1.54) is 40.7 Å². The number of carbonyl (C=O) groups excluding carboxylic acids is 1. The summed E-state index contributed by atoms with van der Waals surface area (Å²) >= 11 is 0. The zero-order valence-electron chi connectivity index (χ0n) is 17.1. The number of aryl methyl sites for hydroxylation is 2. The Bertz CT molecular complexity index is 1270. The lowest BCUT2D eigenvalue weighted by Gasteiger charge is -2.09. The van der Waals surface area contributed by atoms with Crippen LogP contribution in [0.2, 0.25) is 0 Å². The van der Waals surface area contributed by atoms with Crippen molar-refractivity contribution in [2.75, 3.05) is 6.61 Å². The summed E-state index contributed by atoms with van der Waals surface area (Å²) in [6.45, 7) is 0.00480. The van der Waals surface area contributed by atoms with Crippen LogP contribution in [0.15, 0.2) is 46.3 Å². The van der Waals surface area contributed by atoms with Gasteiger partial charge in [-0.3, -0.25) is 13.9 Å². The molecule has 0 saturated heterocycles. The minimum atomic E-state index is -4.78. The molecule has 2 heterocycles. The molecule has 2 aromatic heterocycles. The molecule has 0 atom stereocenters. The largest absolute Gasteiger partial charge is 0.573 e. The molecule has 3 aromatic rings. The maximum atomic E-state index is 12.6. The van der Waals surface area contributed by atoms with Crippen LogP contribution in [0, 0.1) is 0 Å². The van der Waals surface area contributed by atoms with Crippen molar-refractivity contribution in [2.24, 2.45) is 14.1 Å². The molecule has 32 heavy (non-hydrogen) atoms. The number of halogens is 3. The molecule has 0 aliphatic carbocycles. The highest BCUT2D eigenvalue weighted by atomic mass is 19.4. The molecular weight excluding hydrogens is 433 g/mol. The Hall–Kier alpha value is -3.83. The van der Waals surface area contributed by atoms with Crippen molar-refractivity contribution < 1.29 is 27.4 Å². The van der Waals surface area contributed by atoms with Gasteiger partial charge in [0, 0.05) is 26.7 Å². The van der Waals surface area contributed by atoms with E-state index in [4.69, 9.17) is 4.74 Å². The maximum absolute atomic E-state index is 12.6. The van der Waals surface area contributed by atoms with Crippen LogP contribution in [-0.2, 0) is 30.2 Å². The van der Waals surface area contributed by atoms with Crippen LogP contribution < -0.4 is 16.0 Å². The first kappa shape index (κ1) is 22.8. The number of fused-ring (bicyclic) bond motifs is 1. The van der Waals surface area contributed by atoms with E-state index in [9.17, 15) is 27.6 Å². The smallest absolute Gasteiger partial charge is 0.462 e. The minimum absolute atomic E-state index is 0.0411. The second kappa shape index (κ2) is 9.12. The van der Waals surface area contributed by atoms with E-state index >= 15 is 0 Å². The zero-order chi connectivity index (χ0) is 23.5. The molecule has 3 rings (SSSR count). The number of alkyl halides is 3. The molecule has 0 spiro atoms. The number of rotatable bonds is 7. The summed E-state index contributed by atoms with van der Waals surface area (Å²) in [7, 11) is 3.16. The van der Waals surface area contributed by atoms with Crippen LogP contribution >= 0.6 is 0 Å². The van der Waals surface area contributed by atoms with Crippen molar-refractivity contribution >= 4 is 23.2 Å². The monoisotopic (exact) mass is 452 g/mol. The van der Waals surface area contributed by atoms with Gasteiger partial charge in [-0.1, -0.05) is 12.1 Å². The summed E-state index contributed by atoms with van der Waals surface area (Å²) in [6.07, 6.45) is -0.620. The lowest BCUT2D eigenvalue weighted by Crippen LogP contribution is -2.39. The second-order valence-electron chi connectivity index (χ2n) is 6.80. The number of benzene rings is 1. The Morgan fingerprint density at radius 3 is 2.50 bits per heavy atom. The number of hydrogen-bond donors (Lipinski definition) is 0. The van der Waals surface area contributed by atoms with E-state index in [1.807, 2.05) is 0 Å². The van der Waals surface area contributed by atoms with Crippen molar-refractivity contribution in [3.05, 3.63) is 63.1 Å². The highest BCUT2D eigenvalue weighted by Crippen LogP contribution is 2.22. The Kier molecular flexibility index (Phi) is 6.51. The van der Waals surface area contributed by atoms with Gasteiger partial charge in [-0.05, 0) is 30.2 Å². The van der Waals surface area contributed by atoms with Crippen LogP contribution in [0.5, 0.6) is 5.75 Å². The molecule has 12 heteroatoms. The zero-order valence-corrected chi connectivity index (χ0v) is 17.1. The molecule has 0 aliphatic rings. The van der Waals surface area contributed by atoms with Gasteiger partial charge in [0.25, 0.3) is 5.56 Å². The first-order valence-corrected chi connectivity index (χ1v) is 9.38. The van der Waals surface area contributed by atoms with Crippen molar-refractivity contribution in [3.8, 4) is 5.75 Å². The number of imidazole rings is 1. The standard InChI is InChI=1S/C20H19F3N4O5/c1-25-12-24-17-16(25)18(29)27(19(30)26(17)2)10-3-11-31-15(28)9-6-13-4-7-14(8-5-13)32-20(21,22)23/h4-9,12H,3,10-11H2,1-2H3/b9-6+. The normalized spacial score (nSPS) is 11.9. The highest BCUT2D eigenvalue weighted by molar-refractivity contribution is 5.87. The number of hydrogen-bond acceptors (Lipinski definition) is 6. The lowest BCUT2D eigenvalue weighted by molar-refractivity contribution is -0.274. The SMILES string of the molecule is Cn1cnc2c1c(=O)n(CCCOC(=O)/C=C/c1ccc(OC(F)(F)F)cc1)c(=O)n2C. The predicted molar refractivity (Wildman–Crippen MR) is 108 cm³/mol. The topological polar surface area (TPSA) is 97.4 Å². The van der Waals surface area contributed by atoms with Crippen LogP contribution in [0.3, 0.4) is 0 Å². The average Bonchev–Trinajstić information content (AvgIpc) is 3.11. The van der Waals surface area contributed by atoms with Crippen LogP contribution in [0.4, 0.5) is 13.2 Å². The van der Waals surface area contributed by atoms with E-state index in [0.717, 1.165) is 22.8 Å². The third-order valence-corrected chi connectivity index (χ3v) is 4.50. The van der Waals surface area contributed by atoms with Gasteiger partial charge < -0.3 is 14.0 Å². The van der Waals surface area contributed by atoms with E-state index < -0.39 is 23.6 Å². The number of ether oxygens (including phenoxy) is 2. The molecule has 1 aromatic carbocycles. The number of nitrogens with zero attached hydrogens (tertiary/aromatic N) is 4. The molecule has 0 amide bonds. The van der Waals surface area contributed by atoms with Crippen molar-refractivity contribution in [1.29, 1.82) is 0 Å². The van der Waals surface area contributed by atoms with Gasteiger partial charge in [0.1, 0.15) is 5.75 Å². The average molecular weight is 452 g/mol. The van der Waals surface area contributed by atoms with Gasteiger partial charge in [-0.2, -0.15) is 0 Å². The number of esters is 1. The fraction of sp³-hybridized carbons (Fsp3) is 0.300. The van der Waals surface area contributed by atoms with Crippen LogP contribution in [0.25, 0.3) is 17.2 Å². The molecular formula is C20H19F3N4O5. The van der Waals surface area contributed by atoms with Gasteiger partial charge in [-0.25, -0.2) is 14.6 Å². The quantitative estimate of drug-likeness (QED) is 0.309. The summed E-state index contributed by atoms with van der Waals surface area (Å²) in [5.74, 6) is -1.05. The molecule has 0 unspecified atom stereocenters. The Morgan fingerprint density at radius 1 is 1.16 bits per heavy atom. The fourth-order valence-corrected chi connectivity index (χ4v) is 2.98. The Labute approximate surface area is 178 Å². The minimum Gasteiger partial charge on any atom is -0.462 e. The van der Waals surface area contributed by atoms with E-state index in [2.05, 4.69) is 9.72 Å². The first-order valence-electron chi connectivity index (χ1n) is 9.38. The van der Waals surface area contributed by atoms with Gasteiger partial charge in [0.15, 0.2) is 11.2 Å². The first-order chi connectivity index (χ1) is 15.1. The summed E-state index contributed by atoms with van der Waals surface area (Å²) in [4.78, 5) is 40.8. The van der Waals surface area contributed by atoms with Gasteiger partial charge in [0.05, 0.1) is 12.9 Å². The summed E-state index contributed by atoms with van der Waals surface area (Å²) in [5.41, 5.74) is 0.0423. The molecule has 0 radical (unpaired) electrons. The van der Waals surface area contributed by atoms with Crippen molar-refractivity contribution in [3.63, 3.8) is 0 Å². The fourth-order valence-electron chi connectivity index (χ4n) is 2.98. The molecule has 0 N–H and O–H groups in total. The molecule has 9 nitrogen and oxygen atoms in total. The molecule has 0 fully saturated rings. The Morgan fingerprint density at radius 2 is 1.84 bits per heavy atom. The number of carbonyl (C=O) groups is 1. The maximum Gasteiger partial charge on any atom is 0.573 e. The summed E-state index contributed by atoms with van der Waals surface area (Å²) in [6, 6.07) is 4.94. The van der Waals surface area contributed by atoms with Crippen LogP contribution in [-0.4, -0.2) is 37.6 Å². The van der Waals surface area contributed by atoms with E-state index in [1.54, 1.807) is 7.05 Å². The van der Waals surface area contributed by atoms with Crippen molar-refractivity contribution in [2.45, 2.75) is 19.3 Å². The molecule has 170 valence electrons. The molecule has 0 bridgehead atoms. The van der Waals surface area contributed by atoms with Gasteiger partial charge >= 0.3 is 18.0 Å². The number of aromatic nitrogens is 4. The summed E-state index contributed by atoms with van der Waals surface area (Å²) < 4.78 is 49.1. The predicted octanol–water partition coefficient (Wildman–Crippen LogP) is 1.98. The van der Waals surface area contributed by atoms with Gasteiger partial charge in [0.2, 0.25) is 0 Å². The Balaban J connectivity index is 1.54. The van der Waals surface area contributed by atoms with Crippen molar-refractivity contribution in [1.82, 2.24) is 18.7 Å². The van der Waals surface area contributed by atoms with Crippen LogP contribution in [0.1, 0.15) is 12.0 Å². The van der Waals surface area contributed by atoms with E-state index in [0.29, 0.717) is 11.1 Å². The third-order valence-electron chi connectivity index (χ3n) is 4.50. The molecule has 0 aliphatic heterocycles. The van der Waals surface area contributed by atoms with E-state index in [-0.39, 0.29) is 31.0 Å². The lowest BCUT2D eigenvalue weighted by atomic mass is 10.2. The van der Waals surface area contributed by atoms with Gasteiger partial charge in [-0.15, -0.1) is 13.2 Å².